The molecule has 5 nitrogen and oxygen atoms in total. The van der Waals surface area contributed by atoms with Gasteiger partial charge in [-0.25, -0.2) is 8.78 Å². The number of carbonyl (C=O) groups is 1. The van der Waals surface area contributed by atoms with Gasteiger partial charge in [-0.1, -0.05) is 19.0 Å². The first-order chi connectivity index (χ1) is 8.83. The number of likely N-dealkylation sites (tertiary alicyclic amines) is 1. The summed E-state index contributed by atoms with van der Waals surface area (Å²) in [6, 6.07) is 1.51. The second kappa shape index (κ2) is 4.88. The third-order valence-electron chi connectivity index (χ3n) is 3.29. The van der Waals surface area contributed by atoms with Crippen LogP contribution in [-0.4, -0.2) is 46.2 Å². The van der Waals surface area contributed by atoms with Gasteiger partial charge in [0.15, 0.2) is 5.69 Å². The number of halogens is 2. The molecule has 1 aromatic rings. The van der Waals surface area contributed by atoms with Gasteiger partial charge in [0.05, 0.1) is 6.54 Å². The zero-order chi connectivity index (χ0) is 14.2. The second-order valence-electron chi connectivity index (χ2n) is 5.15. The minimum atomic E-state index is -2.87. The lowest BCUT2D eigenvalue weighted by molar-refractivity contribution is -0.0856. The van der Waals surface area contributed by atoms with Crippen molar-refractivity contribution in [2.24, 2.45) is 0 Å². The van der Waals surface area contributed by atoms with Crippen molar-refractivity contribution in [3.63, 3.8) is 0 Å². The van der Waals surface area contributed by atoms with E-state index in [1.165, 1.54) is 11.0 Å². The van der Waals surface area contributed by atoms with Gasteiger partial charge in [0, 0.05) is 24.9 Å². The molecule has 1 saturated heterocycles. The Hall–Kier alpha value is -1.50. The van der Waals surface area contributed by atoms with Gasteiger partial charge in [0.25, 0.3) is 12.3 Å². The average Bonchev–Trinajstić information content (AvgIpc) is 2.95. The Morgan fingerprint density at radius 3 is 2.74 bits per heavy atom. The molecule has 0 saturated carbocycles. The Kier molecular flexibility index (Phi) is 3.58. The summed E-state index contributed by atoms with van der Waals surface area (Å²) in [5.41, 5.74) is -2.03. The fraction of sp³-hybridized carbons (Fsp3) is 0.667. The molecule has 7 heteroatoms. The van der Waals surface area contributed by atoms with Gasteiger partial charge >= 0.3 is 0 Å². The number of aliphatic hydroxyl groups is 1. The number of hydrogen-bond acceptors (Lipinski definition) is 4. The summed E-state index contributed by atoms with van der Waals surface area (Å²) in [5, 5.41) is 13.3. The van der Waals surface area contributed by atoms with Crippen molar-refractivity contribution >= 4 is 5.91 Å². The van der Waals surface area contributed by atoms with E-state index in [9.17, 15) is 18.7 Å². The highest BCUT2D eigenvalue weighted by molar-refractivity contribution is 5.92. The zero-order valence-electron chi connectivity index (χ0n) is 10.8. The standard InChI is InChI=1S/C12H16F2N2O3/c1-7(2)9-5-8(15-19-9)10(17)16-4-3-12(18,6-16)11(13)14/h5,7,11,18H,3-4,6H2,1-2H3/t12-/m0/s1. The van der Waals surface area contributed by atoms with Crippen LogP contribution in [0.1, 0.15) is 42.4 Å². The van der Waals surface area contributed by atoms with E-state index in [0.29, 0.717) is 5.76 Å². The van der Waals surface area contributed by atoms with Crippen LogP contribution >= 0.6 is 0 Å². The number of nitrogens with zero attached hydrogens (tertiary/aromatic N) is 2. The SMILES string of the molecule is CC(C)c1cc(C(=O)N2CC[C@@](O)(C(F)F)C2)no1. The van der Waals surface area contributed by atoms with Gasteiger partial charge in [0.2, 0.25) is 0 Å². The summed E-state index contributed by atoms with van der Waals surface area (Å²) in [6.07, 6.45) is -3.00. The predicted octanol–water partition coefficient (Wildman–Crippen LogP) is 1.64. The first-order valence-electron chi connectivity index (χ1n) is 6.10. The summed E-state index contributed by atoms with van der Waals surface area (Å²) in [5.74, 6) is 0.157. The Bertz CT molecular complexity index is 475. The molecule has 0 aromatic carbocycles. The van der Waals surface area contributed by atoms with E-state index in [2.05, 4.69) is 5.16 Å². The number of rotatable bonds is 3. The summed E-state index contributed by atoms with van der Waals surface area (Å²) in [4.78, 5) is 13.2. The molecule has 1 fully saturated rings. The van der Waals surface area contributed by atoms with Crippen molar-refractivity contribution in [1.29, 1.82) is 0 Å². The normalized spacial score (nSPS) is 23.6. The van der Waals surface area contributed by atoms with Crippen molar-refractivity contribution in [2.45, 2.75) is 38.2 Å². The van der Waals surface area contributed by atoms with Gasteiger partial charge < -0.3 is 14.5 Å². The Balaban J connectivity index is 2.09. The lowest BCUT2D eigenvalue weighted by Crippen LogP contribution is -2.41. The molecule has 1 N–H and O–H groups in total. The molecule has 0 aliphatic carbocycles. The number of hydrogen-bond donors (Lipinski definition) is 1. The van der Waals surface area contributed by atoms with E-state index in [-0.39, 0.29) is 31.1 Å². The molecular formula is C12H16F2N2O3. The Morgan fingerprint density at radius 1 is 1.58 bits per heavy atom. The van der Waals surface area contributed by atoms with Crippen molar-refractivity contribution in [1.82, 2.24) is 10.1 Å². The third kappa shape index (κ3) is 2.60. The van der Waals surface area contributed by atoms with Crippen LogP contribution in [-0.2, 0) is 0 Å². The number of β-amino-alcohol motifs (C(OH)–C–C–N with tert-alkyl or cyclic N) is 1. The van der Waals surface area contributed by atoms with Crippen LogP contribution in [0.2, 0.25) is 0 Å². The Morgan fingerprint density at radius 2 is 2.26 bits per heavy atom. The zero-order valence-corrected chi connectivity index (χ0v) is 10.8. The van der Waals surface area contributed by atoms with Crippen molar-refractivity contribution in [3.05, 3.63) is 17.5 Å². The van der Waals surface area contributed by atoms with E-state index >= 15 is 0 Å². The Labute approximate surface area is 109 Å². The van der Waals surface area contributed by atoms with Gasteiger partial charge in [-0.15, -0.1) is 0 Å². The second-order valence-corrected chi connectivity index (χ2v) is 5.15. The molecule has 106 valence electrons. The molecule has 0 bridgehead atoms. The van der Waals surface area contributed by atoms with Crippen molar-refractivity contribution in [3.8, 4) is 0 Å². The lowest BCUT2D eigenvalue weighted by Gasteiger charge is -2.21. The maximum atomic E-state index is 12.7. The van der Waals surface area contributed by atoms with E-state index in [4.69, 9.17) is 4.52 Å². The molecule has 19 heavy (non-hydrogen) atoms. The van der Waals surface area contributed by atoms with Gasteiger partial charge in [-0.2, -0.15) is 0 Å². The average molecular weight is 274 g/mol. The van der Waals surface area contributed by atoms with E-state index in [0.717, 1.165) is 0 Å². The highest BCUT2D eigenvalue weighted by Gasteiger charge is 2.46. The van der Waals surface area contributed by atoms with Crippen LogP contribution in [0.4, 0.5) is 8.78 Å². The predicted molar refractivity (Wildman–Crippen MR) is 62.1 cm³/mol. The van der Waals surface area contributed by atoms with Gasteiger partial charge in [0.1, 0.15) is 11.4 Å². The highest BCUT2D eigenvalue weighted by Crippen LogP contribution is 2.28. The fourth-order valence-corrected chi connectivity index (χ4v) is 1.99. The molecular weight excluding hydrogens is 258 g/mol. The summed E-state index contributed by atoms with van der Waals surface area (Å²) in [6.45, 7) is 3.48. The summed E-state index contributed by atoms with van der Waals surface area (Å²) in [7, 11) is 0. The quantitative estimate of drug-likeness (QED) is 0.910. The number of alkyl halides is 2. The van der Waals surface area contributed by atoms with E-state index < -0.39 is 17.9 Å². The first kappa shape index (κ1) is 13.9. The van der Waals surface area contributed by atoms with Crippen LogP contribution in [0.25, 0.3) is 0 Å². The molecule has 1 atom stereocenters. The van der Waals surface area contributed by atoms with E-state index in [1.807, 2.05) is 13.8 Å². The molecule has 1 aromatic heterocycles. The van der Waals surface area contributed by atoms with E-state index in [1.54, 1.807) is 0 Å². The lowest BCUT2D eigenvalue weighted by atomic mass is 10.1. The number of amides is 1. The molecule has 1 amide bonds. The van der Waals surface area contributed by atoms with Crippen molar-refractivity contribution in [2.75, 3.05) is 13.1 Å². The smallest absolute Gasteiger partial charge is 0.276 e. The molecule has 1 aliphatic rings. The monoisotopic (exact) mass is 274 g/mol. The molecule has 0 spiro atoms. The maximum Gasteiger partial charge on any atom is 0.276 e. The minimum absolute atomic E-state index is 0.0854. The van der Waals surface area contributed by atoms with Crippen LogP contribution < -0.4 is 0 Å². The van der Waals surface area contributed by atoms with Crippen LogP contribution in [0.3, 0.4) is 0 Å². The first-order valence-corrected chi connectivity index (χ1v) is 6.10. The van der Waals surface area contributed by atoms with Gasteiger partial charge in [-0.3, -0.25) is 4.79 Å². The minimum Gasteiger partial charge on any atom is -0.382 e. The van der Waals surface area contributed by atoms with Gasteiger partial charge in [-0.05, 0) is 0 Å². The third-order valence-corrected chi connectivity index (χ3v) is 3.29. The molecule has 1 aliphatic heterocycles. The topological polar surface area (TPSA) is 66.6 Å². The molecule has 0 unspecified atom stereocenters. The largest absolute Gasteiger partial charge is 0.382 e. The number of aromatic nitrogens is 1. The van der Waals surface area contributed by atoms with Crippen molar-refractivity contribution < 1.29 is 23.2 Å². The van der Waals surface area contributed by atoms with Crippen LogP contribution in [0.5, 0.6) is 0 Å². The molecule has 0 radical (unpaired) electrons. The fourth-order valence-electron chi connectivity index (χ4n) is 1.99. The number of carbonyl (C=O) groups excluding carboxylic acids is 1. The van der Waals surface area contributed by atoms with Crippen LogP contribution in [0, 0.1) is 0 Å². The summed E-state index contributed by atoms with van der Waals surface area (Å²) < 4.78 is 30.3. The maximum absolute atomic E-state index is 12.7. The van der Waals surface area contributed by atoms with Crippen LogP contribution in [0.15, 0.2) is 10.6 Å². The molecule has 2 heterocycles. The molecule has 2 rings (SSSR count). The highest BCUT2D eigenvalue weighted by atomic mass is 19.3. The summed E-state index contributed by atoms with van der Waals surface area (Å²) >= 11 is 0.